The number of aliphatic hydroxyl groups excluding tert-OH is 4. The maximum atomic E-state index is 12.8. The molecular formula is C30H48O6. The van der Waals surface area contributed by atoms with Crippen LogP contribution in [0.3, 0.4) is 0 Å². The number of aliphatic hydroxyl groups is 4. The topological polar surface area (TPSA) is 118 Å². The van der Waals surface area contributed by atoms with E-state index in [0.717, 1.165) is 32.1 Å². The minimum absolute atomic E-state index is 0.000534. The standard InChI is InChI=1S/C30H48O6/c1-25(2)9-11-30(24(35)36)12-10-28(5)17(18(30)13-25)7-8-21-26(3)14-20(33)23(34)27(4,16-31)22(26)19(32)15-29(21,28)6/h7,18-23,31-34H,8-16H2,1-6H3,(H,35,36)/t18?,19?,20-,21?,22?,23+,26-,27+,28-,29-,30?/m1/s1. The molecule has 0 bridgehead atoms. The van der Waals surface area contributed by atoms with Gasteiger partial charge in [0.25, 0.3) is 0 Å². The molecule has 11 atom stereocenters. The fourth-order valence-corrected chi connectivity index (χ4v) is 10.9. The molecule has 0 spiro atoms. The zero-order valence-electron chi connectivity index (χ0n) is 23.0. The van der Waals surface area contributed by atoms with Crippen molar-refractivity contribution in [2.45, 2.75) is 111 Å². The molecule has 0 aromatic carbocycles. The van der Waals surface area contributed by atoms with E-state index in [1.165, 1.54) is 5.57 Å². The molecule has 0 amide bonds. The Morgan fingerprint density at radius 3 is 2.17 bits per heavy atom. The number of carbonyl (C=O) groups is 1. The van der Waals surface area contributed by atoms with Gasteiger partial charge >= 0.3 is 5.97 Å². The molecule has 204 valence electrons. The lowest BCUT2D eigenvalue weighted by atomic mass is 9.33. The van der Waals surface area contributed by atoms with Crippen LogP contribution in [0.4, 0.5) is 0 Å². The molecule has 5 aliphatic carbocycles. The number of fused-ring (bicyclic) bond motifs is 7. The van der Waals surface area contributed by atoms with Gasteiger partial charge in [-0.05, 0) is 84.9 Å². The van der Waals surface area contributed by atoms with Crippen LogP contribution in [0.2, 0.25) is 0 Å². The fraction of sp³-hybridized carbons (Fsp3) is 0.900. The highest BCUT2D eigenvalue weighted by atomic mass is 16.4. The van der Waals surface area contributed by atoms with Crippen molar-refractivity contribution < 1.29 is 30.3 Å². The van der Waals surface area contributed by atoms with Crippen molar-refractivity contribution in [3.63, 3.8) is 0 Å². The summed E-state index contributed by atoms with van der Waals surface area (Å²) < 4.78 is 0. The van der Waals surface area contributed by atoms with Gasteiger partial charge in [0.2, 0.25) is 0 Å². The maximum absolute atomic E-state index is 12.8. The zero-order valence-corrected chi connectivity index (χ0v) is 23.0. The van der Waals surface area contributed by atoms with E-state index >= 15 is 0 Å². The lowest BCUT2D eigenvalue weighted by Crippen LogP contribution is -2.71. The van der Waals surface area contributed by atoms with Crippen LogP contribution >= 0.6 is 0 Å². The third-order valence-corrected chi connectivity index (χ3v) is 13.0. The molecule has 6 nitrogen and oxygen atoms in total. The van der Waals surface area contributed by atoms with Gasteiger partial charge in [-0.2, -0.15) is 0 Å². The Bertz CT molecular complexity index is 974. The van der Waals surface area contributed by atoms with Crippen LogP contribution in [0.5, 0.6) is 0 Å². The maximum Gasteiger partial charge on any atom is 0.310 e. The monoisotopic (exact) mass is 504 g/mol. The van der Waals surface area contributed by atoms with Crippen molar-refractivity contribution in [1.29, 1.82) is 0 Å². The van der Waals surface area contributed by atoms with E-state index < -0.39 is 40.5 Å². The van der Waals surface area contributed by atoms with Gasteiger partial charge in [-0.25, -0.2) is 0 Å². The van der Waals surface area contributed by atoms with Gasteiger partial charge in [-0.15, -0.1) is 0 Å². The number of rotatable bonds is 2. The highest BCUT2D eigenvalue weighted by molar-refractivity contribution is 5.76. The van der Waals surface area contributed by atoms with Crippen LogP contribution in [0.15, 0.2) is 11.6 Å². The van der Waals surface area contributed by atoms with Crippen LogP contribution in [0, 0.1) is 50.2 Å². The van der Waals surface area contributed by atoms with Crippen LogP contribution in [-0.4, -0.2) is 56.4 Å². The van der Waals surface area contributed by atoms with Crippen LogP contribution in [-0.2, 0) is 4.79 Å². The summed E-state index contributed by atoms with van der Waals surface area (Å²) in [5.41, 5.74) is -1.32. The summed E-state index contributed by atoms with van der Waals surface area (Å²) in [6.07, 6.45) is 5.27. The molecule has 5 rings (SSSR count). The van der Waals surface area contributed by atoms with E-state index in [1.807, 2.05) is 6.92 Å². The third kappa shape index (κ3) is 3.08. The Balaban J connectivity index is 1.64. The number of carboxylic acid groups (broad SMARTS) is 1. The molecule has 5 N–H and O–H groups in total. The summed E-state index contributed by atoms with van der Waals surface area (Å²) in [6, 6.07) is 0. The van der Waals surface area contributed by atoms with E-state index in [-0.39, 0.29) is 40.6 Å². The summed E-state index contributed by atoms with van der Waals surface area (Å²) in [5.74, 6) is -0.842. The number of carboxylic acids is 1. The molecule has 5 aliphatic rings. The quantitative estimate of drug-likeness (QED) is 0.361. The van der Waals surface area contributed by atoms with E-state index in [9.17, 15) is 30.3 Å². The second-order valence-corrected chi connectivity index (χ2v) is 15.2. The SMILES string of the molecule is CC1(C)CCC2(C(=O)O)CC[C@]3(C)C(=CCC4[C@@]5(C)C[C@@H](O)[C@H](O)[C@@](C)(CO)C5C(O)C[C@]43C)C2C1. The first-order valence-corrected chi connectivity index (χ1v) is 14.1. The summed E-state index contributed by atoms with van der Waals surface area (Å²) in [7, 11) is 0. The van der Waals surface area contributed by atoms with E-state index in [4.69, 9.17) is 0 Å². The largest absolute Gasteiger partial charge is 0.481 e. The van der Waals surface area contributed by atoms with Crippen LogP contribution < -0.4 is 0 Å². The van der Waals surface area contributed by atoms with Crippen LogP contribution in [0.1, 0.15) is 92.9 Å². The Hall–Kier alpha value is -0.950. The average molecular weight is 505 g/mol. The highest BCUT2D eigenvalue weighted by Crippen LogP contribution is 2.75. The predicted molar refractivity (Wildman–Crippen MR) is 137 cm³/mol. The number of aliphatic carboxylic acids is 1. The Morgan fingerprint density at radius 2 is 1.56 bits per heavy atom. The third-order valence-electron chi connectivity index (χ3n) is 13.0. The molecule has 0 radical (unpaired) electrons. The zero-order chi connectivity index (χ0) is 26.7. The van der Waals surface area contributed by atoms with E-state index in [1.54, 1.807) is 0 Å². The van der Waals surface area contributed by atoms with Gasteiger partial charge in [0.15, 0.2) is 0 Å². The first-order valence-electron chi connectivity index (χ1n) is 14.1. The minimum Gasteiger partial charge on any atom is -0.481 e. The van der Waals surface area contributed by atoms with E-state index in [2.05, 4.69) is 40.7 Å². The molecular weight excluding hydrogens is 456 g/mol. The predicted octanol–water partition coefficient (Wildman–Crippen LogP) is 4.15. The fourth-order valence-electron chi connectivity index (χ4n) is 10.9. The Kier molecular flexibility index (Phi) is 5.77. The minimum atomic E-state index is -1.08. The van der Waals surface area contributed by atoms with Crippen molar-refractivity contribution in [3.05, 3.63) is 11.6 Å². The number of hydrogen-bond donors (Lipinski definition) is 5. The summed E-state index contributed by atoms with van der Waals surface area (Å²) in [5, 5.41) is 54.6. The van der Waals surface area contributed by atoms with Crippen molar-refractivity contribution in [2.24, 2.45) is 50.2 Å². The smallest absolute Gasteiger partial charge is 0.310 e. The van der Waals surface area contributed by atoms with Crippen molar-refractivity contribution in [1.82, 2.24) is 0 Å². The summed E-state index contributed by atoms with van der Waals surface area (Å²) >= 11 is 0. The van der Waals surface area contributed by atoms with Gasteiger partial charge in [0.05, 0.1) is 30.3 Å². The Labute approximate surface area is 216 Å². The highest BCUT2D eigenvalue weighted by Gasteiger charge is 2.72. The van der Waals surface area contributed by atoms with Gasteiger partial charge in [0.1, 0.15) is 0 Å². The molecule has 0 aromatic heterocycles. The van der Waals surface area contributed by atoms with Gasteiger partial charge in [0, 0.05) is 11.3 Å². The molecule has 4 fully saturated rings. The summed E-state index contributed by atoms with van der Waals surface area (Å²) in [4.78, 5) is 12.8. The van der Waals surface area contributed by atoms with Gasteiger partial charge < -0.3 is 25.5 Å². The lowest BCUT2D eigenvalue weighted by molar-refractivity contribution is -0.273. The van der Waals surface area contributed by atoms with Gasteiger partial charge in [-0.3, -0.25) is 4.79 Å². The van der Waals surface area contributed by atoms with Crippen LogP contribution in [0.25, 0.3) is 0 Å². The second kappa shape index (κ2) is 7.80. The van der Waals surface area contributed by atoms with Gasteiger partial charge in [-0.1, -0.05) is 53.2 Å². The molecule has 0 aliphatic heterocycles. The van der Waals surface area contributed by atoms with Crippen molar-refractivity contribution >= 4 is 5.97 Å². The molecule has 5 unspecified atom stereocenters. The molecule has 36 heavy (non-hydrogen) atoms. The molecule has 0 saturated heterocycles. The Morgan fingerprint density at radius 1 is 0.917 bits per heavy atom. The number of hydrogen-bond acceptors (Lipinski definition) is 5. The molecule has 6 heteroatoms. The normalized spacial score (nSPS) is 55.9. The summed E-state index contributed by atoms with van der Waals surface area (Å²) in [6.45, 7) is 12.8. The second-order valence-electron chi connectivity index (χ2n) is 15.2. The lowest BCUT2D eigenvalue weighted by Gasteiger charge is -2.72. The van der Waals surface area contributed by atoms with E-state index in [0.29, 0.717) is 19.3 Å². The first kappa shape index (κ1) is 26.6. The molecule has 0 aromatic rings. The average Bonchev–Trinajstić information content (AvgIpc) is 2.77. The molecule has 0 heterocycles. The number of allylic oxidation sites excluding steroid dienone is 2. The first-order chi connectivity index (χ1) is 16.5. The van der Waals surface area contributed by atoms with Crippen molar-refractivity contribution in [3.8, 4) is 0 Å². The molecule has 4 saturated carbocycles. The van der Waals surface area contributed by atoms with Crippen molar-refractivity contribution in [2.75, 3.05) is 6.61 Å².